The highest BCUT2D eigenvalue weighted by atomic mass is 16.3. The summed E-state index contributed by atoms with van der Waals surface area (Å²) in [6, 6.07) is 0. The van der Waals surface area contributed by atoms with Gasteiger partial charge >= 0.3 is 0 Å². The van der Waals surface area contributed by atoms with E-state index in [1.807, 2.05) is 0 Å². The van der Waals surface area contributed by atoms with Gasteiger partial charge in [0.25, 0.3) is 0 Å². The number of ketones is 2. The van der Waals surface area contributed by atoms with Crippen molar-refractivity contribution in [2.24, 2.45) is 11.3 Å². The zero-order chi connectivity index (χ0) is 17.7. The molecule has 0 spiro atoms. The zero-order valence-electron chi connectivity index (χ0n) is 15.4. The number of unbranched alkanes of at least 4 members (excludes halogenated alkanes) is 3. The Morgan fingerprint density at radius 1 is 1.08 bits per heavy atom. The number of rotatable bonds is 7. The van der Waals surface area contributed by atoms with Gasteiger partial charge in [-0.2, -0.15) is 0 Å². The molecule has 2 atom stereocenters. The Morgan fingerprint density at radius 2 is 1.83 bits per heavy atom. The van der Waals surface area contributed by atoms with Crippen LogP contribution in [0.2, 0.25) is 0 Å². The highest BCUT2D eigenvalue weighted by Gasteiger charge is 2.34. The molecular weight excluding hydrogens is 300 g/mol. The van der Waals surface area contributed by atoms with E-state index in [1.165, 1.54) is 19.3 Å². The van der Waals surface area contributed by atoms with Crippen molar-refractivity contribution < 1.29 is 14.7 Å². The Morgan fingerprint density at radius 3 is 2.50 bits per heavy atom. The van der Waals surface area contributed by atoms with Crippen LogP contribution in [0.1, 0.15) is 78.6 Å². The average Bonchev–Trinajstić information content (AvgIpc) is 2.53. The van der Waals surface area contributed by atoms with E-state index in [2.05, 4.69) is 20.8 Å². The first-order chi connectivity index (χ1) is 11.3. The lowest BCUT2D eigenvalue weighted by atomic mass is 9.72. The Hall–Kier alpha value is -1.22. The van der Waals surface area contributed by atoms with Gasteiger partial charge in [0.1, 0.15) is 0 Å². The molecule has 0 aromatic carbocycles. The van der Waals surface area contributed by atoms with E-state index in [0.29, 0.717) is 17.6 Å². The first-order valence-corrected chi connectivity index (χ1v) is 9.55. The van der Waals surface area contributed by atoms with E-state index in [-0.39, 0.29) is 29.0 Å². The van der Waals surface area contributed by atoms with E-state index in [9.17, 15) is 14.7 Å². The molecule has 24 heavy (non-hydrogen) atoms. The van der Waals surface area contributed by atoms with E-state index in [0.717, 1.165) is 32.1 Å². The van der Waals surface area contributed by atoms with Crippen LogP contribution in [0, 0.1) is 11.3 Å². The smallest absolute Gasteiger partial charge is 0.182 e. The molecule has 1 N–H and O–H groups in total. The molecule has 0 saturated heterocycles. The standard InChI is InChI=1S/C21H32O3/c1-4-5-6-7-11-21(2,3)18-14-19(23)17(13-20(18)24)15-9-8-10-16(22)12-15/h13-16,22H,4-12H2,1-3H3. The minimum Gasteiger partial charge on any atom is -0.393 e. The van der Waals surface area contributed by atoms with Crippen LogP contribution in [0.15, 0.2) is 23.3 Å². The minimum absolute atomic E-state index is 0.00912. The largest absolute Gasteiger partial charge is 0.393 e. The predicted octanol–water partition coefficient (Wildman–Crippen LogP) is 4.54. The first kappa shape index (κ1) is 19.1. The van der Waals surface area contributed by atoms with E-state index >= 15 is 0 Å². The van der Waals surface area contributed by atoms with Gasteiger partial charge in [0.05, 0.1) is 6.10 Å². The maximum atomic E-state index is 12.7. The van der Waals surface area contributed by atoms with Crippen molar-refractivity contribution in [3.05, 3.63) is 23.3 Å². The molecule has 1 fully saturated rings. The molecule has 2 aliphatic rings. The van der Waals surface area contributed by atoms with Gasteiger partial charge in [-0.25, -0.2) is 0 Å². The van der Waals surface area contributed by atoms with Crippen LogP contribution in [0.5, 0.6) is 0 Å². The molecule has 0 bridgehead atoms. The van der Waals surface area contributed by atoms with Crippen LogP contribution in [-0.4, -0.2) is 22.8 Å². The number of aliphatic hydroxyl groups is 1. The summed E-state index contributed by atoms with van der Waals surface area (Å²) in [6.07, 6.45) is 11.6. The molecule has 2 aliphatic carbocycles. The molecule has 0 aromatic heterocycles. The number of aliphatic hydroxyl groups excluding tert-OH is 1. The first-order valence-electron chi connectivity index (χ1n) is 9.55. The third-order valence-electron chi connectivity index (χ3n) is 5.58. The summed E-state index contributed by atoms with van der Waals surface area (Å²) in [4.78, 5) is 25.3. The van der Waals surface area contributed by atoms with Crippen molar-refractivity contribution in [3.8, 4) is 0 Å². The average molecular weight is 332 g/mol. The molecular formula is C21H32O3. The fourth-order valence-electron chi connectivity index (χ4n) is 4.00. The summed E-state index contributed by atoms with van der Waals surface area (Å²) in [5.41, 5.74) is 1.02. The highest BCUT2D eigenvalue weighted by Crippen LogP contribution is 2.38. The fourth-order valence-corrected chi connectivity index (χ4v) is 4.00. The van der Waals surface area contributed by atoms with Gasteiger partial charge in [0.2, 0.25) is 0 Å². The number of allylic oxidation sites excluding steroid dienone is 4. The highest BCUT2D eigenvalue weighted by molar-refractivity contribution is 6.20. The van der Waals surface area contributed by atoms with Crippen LogP contribution < -0.4 is 0 Å². The SMILES string of the molecule is CCCCCCC(C)(C)C1=CC(=O)C(C2CCCC(O)C2)=CC1=O. The normalized spacial score (nSPS) is 25.5. The van der Waals surface area contributed by atoms with Crippen LogP contribution >= 0.6 is 0 Å². The Balaban J connectivity index is 2.06. The lowest BCUT2D eigenvalue weighted by molar-refractivity contribution is -0.116. The summed E-state index contributed by atoms with van der Waals surface area (Å²) in [5.74, 6) is 0.00570. The summed E-state index contributed by atoms with van der Waals surface area (Å²) >= 11 is 0. The molecule has 2 rings (SSSR count). The van der Waals surface area contributed by atoms with E-state index in [1.54, 1.807) is 12.2 Å². The summed E-state index contributed by atoms with van der Waals surface area (Å²) in [7, 11) is 0. The van der Waals surface area contributed by atoms with E-state index in [4.69, 9.17) is 0 Å². The summed E-state index contributed by atoms with van der Waals surface area (Å²) in [6.45, 7) is 6.32. The van der Waals surface area contributed by atoms with Gasteiger partial charge in [-0.15, -0.1) is 0 Å². The van der Waals surface area contributed by atoms with Gasteiger partial charge in [0, 0.05) is 11.1 Å². The molecule has 1 saturated carbocycles. The second kappa shape index (κ2) is 8.24. The van der Waals surface area contributed by atoms with E-state index < -0.39 is 0 Å². The maximum Gasteiger partial charge on any atom is 0.182 e. The molecule has 0 heterocycles. The number of hydrogen-bond donors (Lipinski definition) is 1. The maximum absolute atomic E-state index is 12.7. The third kappa shape index (κ3) is 4.66. The molecule has 0 amide bonds. The summed E-state index contributed by atoms with van der Waals surface area (Å²) < 4.78 is 0. The molecule has 0 radical (unpaired) electrons. The van der Waals surface area contributed by atoms with Crippen molar-refractivity contribution in [2.75, 3.05) is 0 Å². The third-order valence-corrected chi connectivity index (χ3v) is 5.58. The quantitative estimate of drug-likeness (QED) is 0.550. The number of carbonyl (C=O) groups excluding carboxylic acids is 2. The van der Waals surface area contributed by atoms with Gasteiger partial charge in [-0.3, -0.25) is 9.59 Å². The van der Waals surface area contributed by atoms with Gasteiger partial charge in [0.15, 0.2) is 11.6 Å². The van der Waals surface area contributed by atoms with Crippen molar-refractivity contribution in [2.45, 2.75) is 84.7 Å². The second-order valence-corrected chi connectivity index (χ2v) is 8.10. The van der Waals surface area contributed by atoms with Crippen molar-refractivity contribution in [1.82, 2.24) is 0 Å². The second-order valence-electron chi connectivity index (χ2n) is 8.10. The van der Waals surface area contributed by atoms with Gasteiger partial charge in [-0.05, 0) is 49.2 Å². The van der Waals surface area contributed by atoms with Crippen molar-refractivity contribution in [3.63, 3.8) is 0 Å². The predicted molar refractivity (Wildman–Crippen MR) is 96.7 cm³/mol. The van der Waals surface area contributed by atoms with Gasteiger partial charge in [-0.1, -0.05) is 52.9 Å². The number of hydrogen-bond acceptors (Lipinski definition) is 3. The molecule has 2 unspecified atom stereocenters. The Labute approximate surface area is 146 Å². The van der Waals surface area contributed by atoms with Crippen molar-refractivity contribution >= 4 is 11.6 Å². The monoisotopic (exact) mass is 332 g/mol. The Kier molecular flexibility index (Phi) is 6.56. The van der Waals surface area contributed by atoms with Gasteiger partial charge < -0.3 is 5.11 Å². The lowest BCUT2D eigenvalue weighted by Crippen LogP contribution is -2.29. The van der Waals surface area contributed by atoms with Crippen LogP contribution in [0.25, 0.3) is 0 Å². The molecule has 0 aliphatic heterocycles. The molecule has 134 valence electrons. The summed E-state index contributed by atoms with van der Waals surface area (Å²) in [5, 5.41) is 9.85. The fraction of sp³-hybridized carbons (Fsp3) is 0.714. The number of carbonyl (C=O) groups is 2. The Bertz CT molecular complexity index is 539. The van der Waals surface area contributed by atoms with Crippen molar-refractivity contribution in [1.29, 1.82) is 0 Å². The van der Waals surface area contributed by atoms with Crippen LogP contribution in [0.3, 0.4) is 0 Å². The van der Waals surface area contributed by atoms with Crippen LogP contribution in [0.4, 0.5) is 0 Å². The molecule has 0 aromatic rings. The zero-order valence-corrected chi connectivity index (χ0v) is 15.4. The lowest BCUT2D eigenvalue weighted by Gasteiger charge is -2.31. The molecule has 3 heteroatoms. The van der Waals surface area contributed by atoms with Crippen LogP contribution in [-0.2, 0) is 9.59 Å². The molecule has 3 nitrogen and oxygen atoms in total. The minimum atomic E-state index is -0.340. The topological polar surface area (TPSA) is 54.4 Å².